The van der Waals surface area contributed by atoms with Gasteiger partial charge in [-0.2, -0.15) is 0 Å². The van der Waals surface area contributed by atoms with E-state index >= 15 is 0 Å². The summed E-state index contributed by atoms with van der Waals surface area (Å²) in [5, 5.41) is 12.8. The van der Waals surface area contributed by atoms with E-state index in [1.165, 1.54) is 0 Å². The smallest absolute Gasteiger partial charge is 0.255 e. The van der Waals surface area contributed by atoms with Crippen molar-refractivity contribution in [2.75, 3.05) is 38.6 Å². The predicted molar refractivity (Wildman–Crippen MR) is 126 cm³/mol. The number of anilines is 1. The Balaban J connectivity index is 1.52. The van der Waals surface area contributed by atoms with Crippen LogP contribution in [-0.2, 0) is 27.2 Å². The minimum Gasteiger partial charge on any atom is -0.484 e. The largest absolute Gasteiger partial charge is 0.484 e. The van der Waals surface area contributed by atoms with Crippen LogP contribution in [0.1, 0.15) is 29.2 Å². The van der Waals surface area contributed by atoms with Crippen LogP contribution in [0.2, 0.25) is 0 Å². The standard InChI is InChI=1S/C25H30N4O5/c1-28(25(33)10-16-5-6-17-12-24(32)27-21(17)9-16)22(14-29-8-7-19(30)13-29)18-3-2-4-20(11-18)34-15-23(26)31/h2-6,9,11,19,22,30H,7-8,10,12-15H2,1H3,(H2,26,31)(H,27,32)/t19-,22+/m0/s1. The zero-order valence-corrected chi connectivity index (χ0v) is 19.2. The quantitative estimate of drug-likeness (QED) is 0.503. The number of hydrogen-bond donors (Lipinski definition) is 3. The molecule has 2 aliphatic rings. The van der Waals surface area contributed by atoms with Crippen molar-refractivity contribution in [2.45, 2.75) is 31.4 Å². The minimum absolute atomic E-state index is 0.0399. The van der Waals surface area contributed by atoms with E-state index in [0.717, 1.165) is 28.9 Å². The molecule has 0 bridgehead atoms. The molecule has 2 aliphatic heterocycles. The molecule has 2 aromatic rings. The number of likely N-dealkylation sites (N-methyl/N-ethyl adjacent to an activating group) is 1. The van der Waals surface area contributed by atoms with E-state index in [-0.39, 0.29) is 37.0 Å². The molecule has 2 heterocycles. The van der Waals surface area contributed by atoms with Gasteiger partial charge in [-0.15, -0.1) is 0 Å². The highest BCUT2D eigenvalue weighted by atomic mass is 16.5. The van der Waals surface area contributed by atoms with Crippen molar-refractivity contribution < 1.29 is 24.2 Å². The molecule has 4 N–H and O–H groups in total. The van der Waals surface area contributed by atoms with Gasteiger partial charge in [0.05, 0.1) is 25.0 Å². The lowest BCUT2D eigenvalue weighted by atomic mass is 10.0. The Labute approximate surface area is 198 Å². The molecule has 0 aliphatic carbocycles. The van der Waals surface area contributed by atoms with Crippen molar-refractivity contribution in [1.29, 1.82) is 0 Å². The number of aliphatic hydroxyl groups is 1. The fourth-order valence-corrected chi connectivity index (χ4v) is 4.48. The van der Waals surface area contributed by atoms with Gasteiger partial charge in [-0.25, -0.2) is 0 Å². The molecular formula is C25H30N4O5. The summed E-state index contributed by atoms with van der Waals surface area (Å²) in [6, 6.07) is 12.6. The van der Waals surface area contributed by atoms with Crippen LogP contribution in [-0.4, -0.2) is 72.0 Å². The lowest BCUT2D eigenvalue weighted by Gasteiger charge is -2.32. The number of nitrogens with two attached hydrogens (primary N) is 1. The van der Waals surface area contributed by atoms with Crippen molar-refractivity contribution in [3.8, 4) is 5.75 Å². The SMILES string of the molecule is CN(C(=O)Cc1ccc2c(c1)NC(=O)C2)[C@H](CN1CC[C@H](O)C1)c1cccc(OCC(N)=O)c1. The molecule has 0 saturated carbocycles. The Hall–Kier alpha value is -3.43. The van der Waals surface area contributed by atoms with E-state index in [1.807, 2.05) is 36.4 Å². The minimum atomic E-state index is -0.564. The number of hydrogen-bond acceptors (Lipinski definition) is 6. The van der Waals surface area contributed by atoms with E-state index in [9.17, 15) is 19.5 Å². The van der Waals surface area contributed by atoms with Crippen LogP contribution in [0.25, 0.3) is 0 Å². The lowest BCUT2D eigenvalue weighted by Crippen LogP contribution is -2.39. The van der Waals surface area contributed by atoms with Gasteiger partial charge >= 0.3 is 0 Å². The molecule has 2 atom stereocenters. The number of nitrogens with zero attached hydrogens (tertiary/aromatic N) is 2. The summed E-state index contributed by atoms with van der Waals surface area (Å²) >= 11 is 0. The number of nitrogens with one attached hydrogen (secondary N) is 1. The van der Waals surface area contributed by atoms with E-state index in [2.05, 4.69) is 10.2 Å². The molecule has 2 aromatic carbocycles. The summed E-state index contributed by atoms with van der Waals surface area (Å²) in [6.45, 7) is 1.64. The number of fused-ring (bicyclic) bond motifs is 1. The van der Waals surface area contributed by atoms with Crippen LogP contribution < -0.4 is 15.8 Å². The van der Waals surface area contributed by atoms with Crippen LogP contribution in [0.15, 0.2) is 42.5 Å². The van der Waals surface area contributed by atoms with Crippen LogP contribution in [0.3, 0.4) is 0 Å². The molecule has 0 spiro atoms. The Morgan fingerprint density at radius 3 is 2.85 bits per heavy atom. The molecule has 0 aromatic heterocycles. The van der Waals surface area contributed by atoms with E-state index in [0.29, 0.717) is 31.7 Å². The van der Waals surface area contributed by atoms with Crippen LogP contribution >= 0.6 is 0 Å². The van der Waals surface area contributed by atoms with Gasteiger partial charge in [0.25, 0.3) is 5.91 Å². The van der Waals surface area contributed by atoms with Crippen LogP contribution in [0.5, 0.6) is 5.75 Å². The van der Waals surface area contributed by atoms with Gasteiger partial charge in [-0.3, -0.25) is 19.3 Å². The van der Waals surface area contributed by atoms with Crippen molar-refractivity contribution in [3.63, 3.8) is 0 Å². The molecule has 4 rings (SSSR count). The van der Waals surface area contributed by atoms with Gasteiger partial charge in [0.2, 0.25) is 11.8 Å². The number of β-amino-alcohol motifs (C(OH)–C–C–N with tert-alkyl or cyclic N) is 1. The van der Waals surface area contributed by atoms with E-state index in [1.54, 1.807) is 18.0 Å². The zero-order valence-electron chi connectivity index (χ0n) is 19.2. The number of carbonyl (C=O) groups excluding carboxylic acids is 3. The second-order valence-corrected chi connectivity index (χ2v) is 8.94. The van der Waals surface area contributed by atoms with Crippen molar-refractivity contribution >= 4 is 23.4 Å². The normalized spacial score (nSPS) is 18.3. The summed E-state index contributed by atoms with van der Waals surface area (Å²) in [6.07, 6.45) is 0.888. The van der Waals surface area contributed by atoms with Gasteiger partial charge < -0.3 is 25.8 Å². The number of ether oxygens (including phenoxy) is 1. The van der Waals surface area contributed by atoms with Gasteiger partial charge in [0, 0.05) is 32.4 Å². The molecule has 0 radical (unpaired) electrons. The monoisotopic (exact) mass is 466 g/mol. The van der Waals surface area contributed by atoms with Gasteiger partial charge in [0.1, 0.15) is 5.75 Å². The first-order chi connectivity index (χ1) is 16.3. The van der Waals surface area contributed by atoms with Crippen molar-refractivity contribution in [2.24, 2.45) is 5.73 Å². The van der Waals surface area contributed by atoms with Gasteiger partial charge in [0.15, 0.2) is 6.61 Å². The summed E-state index contributed by atoms with van der Waals surface area (Å²) < 4.78 is 5.47. The van der Waals surface area contributed by atoms with E-state index in [4.69, 9.17) is 10.5 Å². The second kappa shape index (κ2) is 10.2. The fourth-order valence-electron chi connectivity index (χ4n) is 4.48. The van der Waals surface area contributed by atoms with Crippen LogP contribution in [0.4, 0.5) is 5.69 Å². The maximum Gasteiger partial charge on any atom is 0.255 e. The number of rotatable bonds is 9. The molecule has 180 valence electrons. The third-order valence-corrected chi connectivity index (χ3v) is 6.32. The number of amides is 3. The highest BCUT2D eigenvalue weighted by molar-refractivity contribution is 5.99. The molecule has 3 amide bonds. The Morgan fingerprint density at radius 2 is 2.12 bits per heavy atom. The Bertz CT molecular complexity index is 1090. The molecule has 1 fully saturated rings. The topological polar surface area (TPSA) is 125 Å². The molecular weight excluding hydrogens is 436 g/mol. The molecule has 34 heavy (non-hydrogen) atoms. The number of benzene rings is 2. The first-order valence-electron chi connectivity index (χ1n) is 11.4. The van der Waals surface area contributed by atoms with Gasteiger partial charge in [-0.05, 0) is 41.3 Å². The maximum atomic E-state index is 13.3. The third-order valence-electron chi connectivity index (χ3n) is 6.32. The molecule has 1 saturated heterocycles. The second-order valence-electron chi connectivity index (χ2n) is 8.94. The summed E-state index contributed by atoms with van der Waals surface area (Å²) in [5.41, 5.74) is 8.58. The maximum absolute atomic E-state index is 13.3. The molecule has 9 nitrogen and oxygen atoms in total. The third kappa shape index (κ3) is 5.73. The van der Waals surface area contributed by atoms with Crippen LogP contribution in [0, 0.1) is 0 Å². The lowest BCUT2D eigenvalue weighted by molar-refractivity contribution is -0.131. The molecule has 0 unspecified atom stereocenters. The van der Waals surface area contributed by atoms with Crippen molar-refractivity contribution in [1.82, 2.24) is 9.80 Å². The summed E-state index contributed by atoms with van der Waals surface area (Å²) in [7, 11) is 1.77. The predicted octanol–water partition coefficient (Wildman–Crippen LogP) is 0.854. The first-order valence-corrected chi connectivity index (χ1v) is 11.4. The van der Waals surface area contributed by atoms with Crippen molar-refractivity contribution in [3.05, 3.63) is 59.2 Å². The average molecular weight is 467 g/mol. The van der Waals surface area contributed by atoms with E-state index < -0.39 is 5.91 Å². The summed E-state index contributed by atoms with van der Waals surface area (Å²) in [4.78, 5) is 39.9. The number of primary amides is 1. The number of aliphatic hydroxyl groups excluding tert-OH is 1. The average Bonchev–Trinajstić information content (AvgIpc) is 3.39. The highest BCUT2D eigenvalue weighted by Gasteiger charge is 2.29. The summed E-state index contributed by atoms with van der Waals surface area (Å²) in [5.74, 6) is -0.178. The van der Waals surface area contributed by atoms with Gasteiger partial charge in [-0.1, -0.05) is 24.3 Å². The zero-order chi connectivity index (χ0) is 24.2. The fraction of sp³-hybridized carbons (Fsp3) is 0.400. The highest BCUT2D eigenvalue weighted by Crippen LogP contribution is 2.28. The Morgan fingerprint density at radius 1 is 1.29 bits per heavy atom. The first kappa shape index (κ1) is 23.7. The Kier molecular flexibility index (Phi) is 7.14. The number of carbonyl (C=O) groups is 3. The number of likely N-dealkylation sites (tertiary alicyclic amines) is 1. The molecule has 9 heteroatoms.